The Labute approximate surface area is 105 Å². The number of rotatable bonds is 3. The molecule has 0 radical (unpaired) electrons. The minimum atomic E-state index is -4.32. The molecule has 0 aliphatic rings. The average Bonchev–Trinajstić information content (AvgIpc) is 2.72. The van der Waals surface area contributed by atoms with Gasteiger partial charge in [0, 0.05) is 6.42 Å². The Balaban J connectivity index is 2.14. The molecular formula is C11H10F3N3S. The number of hydrogen-bond acceptors (Lipinski definition) is 4. The zero-order chi connectivity index (χ0) is 13.2. The van der Waals surface area contributed by atoms with Gasteiger partial charge in [-0.25, -0.2) is 0 Å². The molecule has 0 atom stereocenters. The maximum Gasteiger partial charge on any atom is 0.416 e. The van der Waals surface area contributed by atoms with Gasteiger partial charge in [0.05, 0.1) is 5.56 Å². The lowest BCUT2D eigenvalue weighted by Gasteiger charge is -2.11. The molecule has 0 saturated carbocycles. The van der Waals surface area contributed by atoms with E-state index in [4.69, 9.17) is 5.73 Å². The van der Waals surface area contributed by atoms with Gasteiger partial charge in [0.15, 0.2) is 0 Å². The maximum atomic E-state index is 12.7. The topological polar surface area (TPSA) is 51.8 Å². The minimum absolute atomic E-state index is 0.263. The molecule has 0 spiro atoms. The molecular weight excluding hydrogens is 263 g/mol. The summed E-state index contributed by atoms with van der Waals surface area (Å²) in [5.74, 6) is 0. The van der Waals surface area contributed by atoms with Gasteiger partial charge in [-0.2, -0.15) is 13.2 Å². The molecule has 0 saturated heterocycles. The van der Waals surface area contributed by atoms with Gasteiger partial charge < -0.3 is 5.73 Å². The zero-order valence-electron chi connectivity index (χ0n) is 9.24. The van der Waals surface area contributed by atoms with Crippen molar-refractivity contribution in [1.82, 2.24) is 10.2 Å². The summed E-state index contributed by atoms with van der Waals surface area (Å²) in [6.45, 7) is 0. The number of nitrogen functional groups attached to an aromatic ring is 1. The Bertz CT molecular complexity index is 536. The molecule has 18 heavy (non-hydrogen) atoms. The molecule has 1 heterocycles. The van der Waals surface area contributed by atoms with Gasteiger partial charge in [-0.1, -0.05) is 29.5 Å². The van der Waals surface area contributed by atoms with Crippen LogP contribution in [0.15, 0.2) is 24.3 Å². The first kappa shape index (κ1) is 12.8. The van der Waals surface area contributed by atoms with Crippen molar-refractivity contribution in [3.05, 3.63) is 40.4 Å². The SMILES string of the molecule is Nc1nnc(CCc2ccccc2C(F)(F)F)s1. The molecule has 0 fully saturated rings. The van der Waals surface area contributed by atoms with Crippen LogP contribution in [0.2, 0.25) is 0 Å². The number of benzene rings is 1. The Morgan fingerprint density at radius 2 is 1.83 bits per heavy atom. The standard InChI is InChI=1S/C11H10F3N3S/c12-11(13,14)8-4-2-1-3-7(8)5-6-9-16-17-10(15)18-9/h1-4H,5-6H2,(H2,15,17). The van der Waals surface area contributed by atoms with E-state index in [1.165, 1.54) is 23.5 Å². The van der Waals surface area contributed by atoms with Gasteiger partial charge in [-0.15, -0.1) is 10.2 Å². The van der Waals surface area contributed by atoms with Gasteiger partial charge in [-0.3, -0.25) is 0 Å². The summed E-state index contributed by atoms with van der Waals surface area (Å²) >= 11 is 1.19. The Hall–Kier alpha value is -1.63. The summed E-state index contributed by atoms with van der Waals surface area (Å²) in [6.07, 6.45) is -3.65. The van der Waals surface area contributed by atoms with Crippen molar-refractivity contribution in [2.75, 3.05) is 5.73 Å². The second kappa shape index (κ2) is 4.93. The van der Waals surface area contributed by atoms with E-state index in [-0.39, 0.29) is 12.0 Å². The molecule has 0 amide bonds. The van der Waals surface area contributed by atoms with E-state index in [9.17, 15) is 13.2 Å². The van der Waals surface area contributed by atoms with E-state index >= 15 is 0 Å². The lowest BCUT2D eigenvalue weighted by molar-refractivity contribution is -0.138. The van der Waals surface area contributed by atoms with E-state index < -0.39 is 11.7 Å². The van der Waals surface area contributed by atoms with E-state index in [0.717, 1.165) is 6.07 Å². The molecule has 0 unspecified atom stereocenters. The second-order valence-corrected chi connectivity index (χ2v) is 4.78. The molecule has 3 nitrogen and oxygen atoms in total. The molecule has 1 aromatic heterocycles. The Morgan fingerprint density at radius 3 is 2.44 bits per heavy atom. The molecule has 2 N–H and O–H groups in total. The van der Waals surface area contributed by atoms with Crippen molar-refractivity contribution in [2.45, 2.75) is 19.0 Å². The lowest BCUT2D eigenvalue weighted by atomic mass is 10.0. The van der Waals surface area contributed by atoms with Crippen LogP contribution in [-0.4, -0.2) is 10.2 Å². The van der Waals surface area contributed by atoms with Crippen molar-refractivity contribution in [3.63, 3.8) is 0 Å². The van der Waals surface area contributed by atoms with Crippen LogP contribution in [0.1, 0.15) is 16.1 Å². The van der Waals surface area contributed by atoms with E-state index in [1.807, 2.05) is 0 Å². The molecule has 0 bridgehead atoms. The number of halogens is 3. The molecule has 2 rings (SSSR count). The number of aromatic nitrogens is 2. The Kier molecular flexibility index (Phi) is 3.51. The number of nitrogens with two attached hydrogens (primary N) is 1. The maximum absolute atomic E-state index is 12.7. The summed E-state index contributed by atoms with van der Waals surface area (Å²) in [7, 11) is 0. The first-order valence-electron chi connectivity index (χ1n) is 5.20. The smallest absolute Gasteiger partial charge is 0.374 e. The van der Waals surface area contributed by atoms with Crippen molar-refractivity contribution in [1.29, 1.82) is 0 Å². The number of aryl methyl sites for hydroxylation is 2. The monoisotopic (exact) mass is 273 g/mol. The van der Waals surface area contributed by atoms with Gasteiger partial charge in [0.2, 0.25) is 5.13 Å². The first-order valence-corrected chi connectivity index (χ1v) is 6.01. The van der Waals surface area contributed by atoms with E-state index in [0.29, 0.717) is 16.6 Å². The van der Waals surface area contributed by atoms with Crippen molar-refractivity contribution in [2.24, 2.45) is 0 Å². The van der Waals surface area contributed by atoms with Gasteiger partial charge in [0.25, 0.3) is 0 Å². The van der Waals surface area contributed by atoms with Crippen molar-refractivity contribution in [3.8, 4) is 0 Å². The third-order valence-electron chi connectivity index (χ3n) is 2.41. The summed E-state index contributed by atoms with van der Waals surface area (Å²) < 4.78 is 38.2. The summed E-state index contributed by atoms with van der Waals surface area (Å²) in [5.41, 5.74) is 5.08. The fraction of sp³-hybridized carbons (Fsp3) is 0.273. The number of anilines is 1. The van der Waals surface area contributed by atoms with Crippen LogP contribution < -0.4 is 5.73 Å². The summed E-state index contributed by atoms with van der Waals surface area (Å²) in [4.78, 5) is 0. The quantitative estimate of drug-likeness (QED) is 0.935. The highest BCUT2D eigenvalue weighted by atomic mass is 32.1. The molecule has 0 aliphatic carbocycles. The number of hydrogen-bond donors (Lipinski definition) is 1. The molecule has 96 valence electrons. The highest BCUT2D eigenvalue weighted by Gasteiger charge is 2.32. The lowest BCUT2D eigenvalue weighted by Crippen LogP contribution is -2.09. The Morgan fingerprint density at radius 1 is 1.11 bits per heavy atom. The van der Waals surface area contributed by atoms with Crippen LogP contribution in [0.4, 0.5) is 18.3 Å². The average molecular weight is 273 g/mol. The third-order valence-corrected chi connectivity index (χ3v) is 3.23. The fourth-order valence-electron chi connectivity index (χ4n) is 1.62. The van der Waals surface area contributed by atoms with Crippen LogP contribution in [0.5, 0.6) is 0 Å². The largest absolute Gasteiger partial charge is 0.416 e. The van der Waals surface area contributed by atoms with Crippen LogP contribution in [0, 0.1) is 0 Å². The molecule has 2 aromatic rings. The normalized spacial score (nSPS) is 11.7. The number of alkyl halides is 3. The van der Waals surface area contributed by atoms with Crippen LogP contribution in [0.25, 0.3) is 0 Å². The molecule has 0 aliphatic heterocycles. The van der Waals surface area contributed by atoms with Crippen LogP contribution in [-0.2, 0) is 19.0 Å². The number of nitrogens with zero attached hydrogens (tertiary/aromatic N) is 2. The fourth-order valence-corrected chi connectivity index (χ4v) is 2.23. The summed E-state index contributed by atoms with van der Waals surface area (Å²) in [5, 5.41) is 8.38. The molecule has 1 aromatic carbocycles. The molecule has 7 heteroatoms. The first-order chi connectivity index (χ1) is 8.47. The van der Waals surface area contributed by atoms with Gasteiger partial charge in [0.1, 0.15) is 5.01 Å². The van der Waals surface area contributed by atoms with Crippen molar-refractivity contribution < 1.29 is 13.2 Å². The van der Waals surface area contributed by atoms with Crippen LogP contribution >= 0.6 is 11.3 Å². The highest BCUT2D eigenvalue weighted by Crippen LogP contribution is 2.32. The predicted octanol–water partition coefficient (Wildman–Crippen LogP) is 2.92. The second-order valence-electron chi connectivity index (χ2n) is 3.69. The van der Waals surface area contributed by atoms with Gasteiger partial charge >= 0.3 is 6.18 Å². The highest BCUT2D eigenvalue weighted by molar-refractivity contribution is 7.15. The van der Waals surface area contributed by atoms with Crippen molar-refractivity contribution >= 4 is 16.5 Å². The van der Waals surface area contributed by atoms with Crippen LogP contribution in [0.3, 0.4) is 0 Å². The zero-order valence-corrected chi connectivity index (χ0v) is 10.1. The van der Waals surface area contributed by atoms with E-state index in [2.05, 4.69) is 10.2 Å². The van der Waals surface area contributed by atoms with Gasteiger partial charge in [-0.05, 0) is 18.1 Å². The summed E-state index contributed by atoms with van der Waals surface area (Å²) in [6, 6.07) is 5.55. The van der Waals surface area contributed by atoms with E-state index in [1.54, 1.807) is 6.07 Å². The third kappa shape index (κ3) is 2.98. The predicted molar refractivity (Wildman–Crippen MR) is 63.2 cm³/mol. The minimum Gasteiger partial charge on any atom is -0.374 e.